The molecule has 4 heteroatoms. The van der Waals surface area contributed by atoms with Gasteiger partial charge < -0.3 is 10.1 Å². The zero-order valence-electron chi connectivity index (χ0n) is 10.8. The van der Waals surface area contributed by atoms with E-state index >= 15 is 0 Å². The maximum atomic E-state index is 6.20. The van der Waals surface area contributed by atoms with Crippen molar-refractivity contribution < 1.29 is 4.74 Å². The van der Waals surface area contributed by atoms with Gasteiger partial charge in [-0.25, -0.2) is 0 Å². The minimum Gasteiger partial charge on any atom is -0.473 e. The van der Waals surface area contributed by atoms with E-state index in [0.29, 0.717) is 18.2 Å². The Bertz CT molecular complexity index is 570. The van der Waals surface area contributed by atoms with Gasteiger partial charge >= 0.3 is 0 Å². The van der Waals surface area contributed by atoms with E-state index in [2.05, 4.69) is 34.0 Å². The van der Waals surface area contributed by atoms with Gasteiger partial charge in [0.1, 0.15) is 6.10 Å². The van der Waals surface area contributed by atoms with Crippen molar-refractivity contribution in [1.29, 1.82) is 0 Å². The van der Waals surface area contributed by atoms with Crippen LogP contribution in [0.25, 0.3) is 10.1 Å². The minimum atomic E-state index is 0.335. The molecule has 1 N–H and O–H groups in total. The molecule has 19 heavy (non-hydrogen) atoms. The number of nitrogens with zero attached hydrogens (tertiary/aromatic N) is 1. The molecule has 2 fully saturated rings. The monoisotopic (exact) mass is 274 g/mol. The van der Waals surface area contributed by atoms with Gasteiger partial charge in [0.15, 0.2) is 0 Å². The van der Waals surface area contributed by atoms with Gasteiger partial charge in [-0.1, -0.05) is 18.6 Å². The van der Waals surface area contributed by atoms with Crippen LogP contribution in [0.5, 0.6) is 5.88 Å². The van der Waals surface area contributed by atoms with E-state index in [1.807, 2.05) is 0 Å². The number of ether oxygens (including phenoxy) is 1. The second kappa shape index (κ2) is 4.76. The smallest absolute Gasteiger partial charge is 0.233 e. The molecule has 2 aliphatic rings. The van der Waals surface area contributed by atoms with Crippen LogP contribution in [0.2, 0.25) is 0 Å². The summed E-state index contributed by atoms with van der Waals surface area (Å²) in [6, 6.07) is 9.64. The molecule has 1 aromatic carbocycles. The number of fused-ring (bicyclic) bond motifs is 3. The second-order valence-electron chi connectivity index (χ2n) is 5.69. The van der Waals surface area contributed by atoms with Crippen LogP contribution in [0.4, 0.5) is 0 Å². The first-order valence-corrected chi connectivity index (χ1v) is 7.93. The summed E-state index contributed by atoms with van der Waals surface area (Å²) in [6.45, 7) is 0. The van der Waals surface area contributed by atoms with Gasteiger partial charge in [0.2, 0.25) is 5.88 Å². The molecular weight excluding hydrogens is 256 g/mol. The average Bonchev–Trinajstić information content (AvgIpc) is 2.82. The Morgan fingerprint density at radius 1 is 1.16 bits per heavy atom. The summed E-state index contributed by atoms with van der Waals surface area (Å²) in [5.41, 5.74) is 0. The Morgan fingerprint density at radius 3 is 2.79 bits per heavy atom. The van der Waals surface area contributed by atoms with E-state index in [1.165, 1.54) is 35.5 Å². The summed E-state index contributed by atoms with van der Waals surface area (Å²) < 4.78 is 11.9. The van der Waals surface area contributed by atoms with Crippen molar-refractivity contribution in [3.63, 3.8) is 0 Å². The highest BCUT2D eigenvalue weighted by Crippen LogP contribution is 2.32. The Hall–Kier alpha value is -1.13. The third-order valence-electron chi connectivity index (χ3n) is 4.29. The highest BCUT2D eigenvalue weighted by molar-refractivity contribution is 7.13. The first kappa shape index (κ1) is 11.7. The quantitative estimate of drug-likeness (QED) is 0.912. The number of hydrogen-bond acceptors (Lipinski definition) is 4. The summed E-state index contributed by atoms with van der Waals surface area (Å²) in [5.74, 6) is 0.838. The molecular formula is C15H18N2OS. The molecule has 2 saturated heterocycles. The zero-order chi connectivity index (χ0) is 12.7. The highest BCUT2D eigenvalue weighted by atomic mass is 32.1. The lowest BCUT2D eigenvalue weighted by atomic mass is 9.85. The van der Waals surface area contributed by atoms with Crippen LogP contribution in [0.1, 0.15) is 32.1 Å². The summed E-state index contributed by atoms with van der Waals surface area (Å²) in [7, 11) is 0. The van der Waals surface area contributed by atoms with Gasteiger partial charge in [-0.3, -0.25) is 0 Å². The molecule has 1 aromatic heterocycles. The number of piperidine rings is 2. The van der Waals surface area contributed by atoms with Crippen LogP contribution >= 0.6 is 11.5 Å². The van der Waals surface area contributed by atoms with Crippen LogP contribution in [0.15, 0.2) is 24.3 Å². The largest absolute Gasteiger partial charge is 0.473 e. The lowest BCUT2D eigenvalue weighted by Crippen LogP contribution is -2.51. The standard InChI is InChI=1S/C15H18N2OS/c1-2-7-14-13(6-1)15(17-19-14)18-12-8-10-4-3-5-11(9-12)16-10/h1-2,6-7,10-12,16H,3-5,8-9H2/t10-,11+,12-. The first-order valence-electron chi connectivity index (χ1n) is 7.15. The molecule has 0 spiro atoms. The number of rotatable bonds is 2. The van der Waals surface area contributed by atoms with Gasteiger partial charge in [0.05, 0.1) is 10.1 Å². The van der Waals surface area contributed by atoms with Crippen molar-refractivity contribution in [2.75, 3.05) is 0 Å². The lowest BCUT2D eigenvalue weighted by Gasteiger charge is -2.39. The fraction of sp³-hybridized carbons (Fsp3) is 0.533. The molecule has 0 radical (unpaired) electrons. The maximum absolute atomic E-state index is 6.20. The van der Waals surface area contributed by atoms with Crippen LogP contribution in [-0.2, 0) is 0 Å². The average molecular weight is 274 g/mol. The summed E-state index contributed by atoms with van der Waals surface area (Å²) in [5, 5.41) is 4.86. The Balaban J connectivity index is 1.55. The molecule has 3 nitrogen and oxygen atoms in total. The minimum absolute atomic E-state index is 0.335. The van der Waals surface area contributed by atoms with Crippen LogP contribution in [0, 0.1) is 0 Å². The fourth-order valence-corrected chi connectivity index (χ4v) is 4.13. The third-order valence-corrected chi connectivity index (χ3v) is 5.10. The van der Waals surface area contributed by atoms with E-state index in [1.54, 1.807) is 0 Å². The van der Waals surface area contributed by atoms with Crippen molar-refractivity contribution in [2.24, 2.45) is 0 Å². The summed E-state index contributed by atoms with van der Waals surface area (Å²) in [4.78, 5) is 0. The second-order valence-corrected chi connectivity index (χ2v) is 6.49. The molecule has 100 valence electrons. The Labute approximate surface area is 117 Å². The van der Waals surface area contributed by atoms with Crippen molar-refractivity contribution in [3.05, 3.63) is 24.3 Å². The molecule has 0 unspecified atom stereocenters. The lowest BCUT2D eigenvalue weighted by molar-refractivity contribution is 0.0911. The topological polar surface area (TPSA) is 34.1 Å². The number of benzene rings is 1. The highest BCUT2D eigenvalue weighted by Gasteiger charge is 2.32. The summed E-state index contributed by atoms with van der Waals surface area (Å²) >= 11 is 1.53. The normalized spacial score (nSPS) is 30.4. The van der Waals surface area contributed by atoms with Crippen LogP contribution < -0.4 is 10.1 Å². The predicted molar refractivity (Wildman–Crippen MR) is 77.8 cm³/mol. The van der Waals surface area contributed by atoms with E-state index in [-0.39, 0.29) is 0 Å². The predicted octanol–water partition coefficient (Wildman–Crippen LogP) is 3.35. The van der Waals surface area contributed by atoms with Crippen molar-refractivity contribution in [1.82, 2.24) is 9.69 Å². The van der Waals surface area contributed by atoms with Gasteiger partial charge in [-0.2, -0.15) is 4.37 Å². The molecule has 3 atom stereocenters. The molecule has 0 amide bonds. The van der Waals surface area contributed by atoms with Crippen molar-refractivity contribution in [2.45, 2.75) is 50.3 Å². The molecule has 4 rings (SSSR count). The molecule has 0 saturated carbocycles. The maximum Gasteiger partial charge on any atom is 0.233 e. The van der Waals surface area contributed by atoms with Gasteiger partial charge in [0, 0.05) is 12.1 Å². The molecule has 3 heterocycles. The third kappa shape index (κ3) is 2.23. The molecule has 2 aliphatic heterocycles. The Morgan fingerprint density at radius 2 is 1.95 bits per heavy atom. The van der Waals surface area contributed by atoms with Crippen LogP contribution in [0.3, 0.4) is 0 Å². The number of hydrogen-bond donors (Lipinski definition) is 1. The SMILES string of the molecule is c1ccc2c(O[C@@H]3C[C@H]4CCC[C@@H](C3)N4)nsc2c1. The molecule has 0 aliphatic carbocycles. The number of nitrogens with one attached hydrogen (secondary N) is 1. The van der Waals surface area contributed by atoms with E-state index < -0.39 is 0 Å². The van der Waals surface area contributed by atoms with Crippen LogP contribution in [-0.4, -0.2) is 22.6 Å². The number of aromatic nitrogens is 1. The van der Waals surface area contributed by atoms with E-state index in [0.717, 1.165) is 24.1 Å². The zero-order valence-corrected chi connectivity index (χ0v) is 11.7. The summed E-state index contributed by atoms with van der Waals surface area (Å²) in [6.07, 6.45) is 6.56. The van der Waals surface area contributed by atoms with Gasteiger partial charge in [-0.05, 0) is 49.3 Å². The molecule has 2 bridgehead atoms. The Kier molecular flexibility index (Phi) is 2.93. The van der Waals surface area contributed by atoms with Crippen molar-refractivity contribution in [3.8, 4) is 5.88 Å². The van der Waals surface area contributed by atoms with Gasteiger partial charge in [-0.15, -0.1) is 0 Å². The van der Waals surface area contributed by atoms with Crippen molar-refractivity contribution >= 4 is 21.6 Å². The first-order chi connectivity index (χ1) is 9.38. The van der Waals surface area contributed by atoms with E-state index in [9.17, 15) is 0 Å². The van der Waals surface area contributed by atoms with Gasteiger partial charge in [0.25, 0.3) is 0 Å². The molecule has 2 aromatic rings. The fourth-order valence-electron chi connectivity index (χ4n) is 3.42. The van der Waals surface area contributed by atoms with E-state index in [4.69, 9.17) is 4.74 Å².